The Morgan fingerprint density at radius 1 is 0.700 bits per heavy atom. The standard InChI is InChI=1S/C17H11BrN2/c18-16-10-5-11-17(19-16)20-14-8-3-1-6-12(14)13-7-2-4-9-15(13)20/h1-11H. The Balaban J connectivity index is 2.21. The highest BCUT2D eigenvalue weighted by molar-refractivity contribution is 9.10. The van der Waals surface area contributed by atoms with Gasteiger partial charge in [-0.2, -0.15) is 0 Å². The van der Waals surface area contributed by atoms with Gasteiger partial charge in [0.2, 0.25) is 0 Å². The molecule has 96 valence electrons. The Bertz CT molecular complexity index is 871. The lowest BCUT2D eigenvalue weighted by molar-refractivity contribution is 1.07. The molecule has 4 rings (SSSR count). The third kappa shape index (κ3) is 1.67. The molecule has 0 fully saturated rings. The molecule has 3 heteroatoms. The highest BCUT2D eigenvalue weighted by atomic mass is 79.9. The highest BCUT2D eigenvalue weighted by Gasteiger charge is 2.11. The molecule has 0 bridgehead atoms. The normalized spacial score (nSPS) is 11.2. The van der Waals surface area contributed by atoms with Gasteiger partial charge in [-0.25, -0.2) is 4.98 Å². The van der Waals surface area contributed by atoms with Gasteiger partial charge in [-0.05, 0) is 40.2 Å². The minimum Gasteiger partial charge on any atom is -0.294 e. The Morgan fingerprint density at radius 2 is 1.30 bits per heavy atom. The number of hydrogen-bond donors (Lipinski definition) is 0. The quantitative estimate of drug-likeness (QED) is 0.454. The summed E-state index contributed by atoms with van der Waals surface area (Å²) in [5.41, 5.74) is 2.36. The van der Waals surface area contributed by atoms with Gasteiger partial charge in [-0.15, -0.1) is 0 Å². The summed E-state index contributed by atoms with van der Waals surface area (Å²) in [7, 11) is 0. The van der Waals surface area contributed by atoms with E-state index < -0.39 is 0 Å². The van der Waals surface area contributed by atoms with Crippen molar-refractivity contribution < 1.29 is 0 Å². The van der Waals surface area contributed by atoms with Crippen LogP contribution in [0.3, 0.4) is 0 Å². The summed E-state index contributed by atoms with van der Waals surface area (Å²) < 4.78 is 3.05. The lowest BCUT2D eigenvalue weighted by Crippen LogP contribution is -1.96. The van der Waals surface area contributed by atoms with Gasteiger partial charge < -0.3 is 0 Å². The van der Waals surface area contributed by atoms with E-state index in [1.165, 1.54) is 21.8 Å². The molecule has 0 aliphatic heterocycles. The zero-order valence-electron chi connectivity index (χ0n) is 10.6. The molecule has 0 atom stereocenters. The van der Waals surface area contributed by atoms with Crippen molar-refractivity contribution in [1.29, 1.82) is 0 Å². The number of hydrogen-bond acceptors (Lipinski definition) is 1. The molecule has 2 heterocycles. The maximum absolute atomic E-state index is 4.60. The van der Waals surface area contributed by atoms with Gasteiger partial charge in [0.05, 0.1) is 11.0 Å². The Labute approximate surface area is 124 Å². The van der Waals surface area contributed by atoms with E-state index >= 15 is 0 Å². The molecule has 0 saturated carbocycles. The number of pyridine rings is 1. The first-order chi connectivity index (χ1) is 9.84. The molecule has 20 heavy (non-hydrogen) atoms. The van der Waals surface area contributed by atoms with Crippen LogP contribution in [0.1, 0.15) is 0 Å². The van der Waals surface area contributed by atoms with Crippen LogP contribution in [0.4, 0.5) is 0 Å². The van der Waals surface area contributed by atoms with E-state index in [9.17, 15) is 0 Å². The minimum absolute atomic E-state index is 0.844. The molecule has 0 radical (unpaired) electrons. The fourth-order valence-electron chi connectivity index (χ4n) is 2.69. The van der Waals surface area contributed by atoms with E-state index in [1.807, 2.05) is 18.2 Å². The molecule has 0 saturated heterocycles. The van der Waals surface area contributed by atoms with E-state index in [-0.39, 0.29) is 0 Å². The molecule has 0 spiro atoms. The zero-order chi connectivity index (χ0) is 13.5. The number of rotatable bonds is 1. The zero-order valence-corrected chi connectivity index (χ0v) is 12.2. The molecule has 4 aromatic rings. The van der Waals surface area contributed by atoms with Gasteiger partial charge in [0.15, 0.2) is 0 Å². The Kier molecular flexibility index (Phi) is 2.60. The second-order valence-electron chi connectivity index (χ2n) is 4.69. The summed E-state index contributed by atoms with van der Waals surface area (Å²) >= 11 is 3.45. The first-order valence-electron chi connectivity index (χ1n) is 6.46. The smallest absolute Gasteiger partial charge is 0.138 e. The molecular weight excluding hydrogens is 312 g/mol. The number of para-hydroxylation sites is 2. The van der Waals surface area contributed by atoms with Crippen molar-refractivity contribution in [1.82, 2.24) is 9.55 Å². The van der Waals surface area contributed by atoms with Gasteiger partial charge in [0.25, 0.3) is 0 Å². The van der Waals surface area contributed by atoms with Gasteiger partial charge in [0, 0.05) is 10.8 Å². The third-order valence-electron chi connectivity index (χ3n) is 3.51. The van der Waals surface area contributed by atoms with Crippen LogP contribution in [-0.2, 0) is 0 Å². The van der Waals surface area contributed by atoms with E-state index in [0.717, 1.165) is 10.4 Å². The first-order valence-corrected chi connectivity index (χ1v) is 7.25. The van der Waals surface area contributed by atoms with Crippen LogP contribution in [0.5, 0.6) is 0 Å². The van der Waals surface area contributed by atoms with Crippen LogP contribution in [-0.4, -0.2) is 9.55 Å². The fraction of sp³-hybridized carbons (Fsp3) is 0. The van der Waals surface area contributed by atoms with Crippen molar-refractivity contribution in [3.8, 4) is 5.82 Å². The highest BCUT2D eigenvalue weighted by Crippen LogP contribution is 2.31. The second kappa shape index (κ2) is 4.46. The van der Waals surface area contributed by atoms with Crippen molar-refractivity contribution in [3.63, 3.8) is 0 Å². The summed E-state index contributed by atoms with van der Waals surface area (Å²) in [5.74, 6) is 0.928. The largest absolute Gasteiger partial charge is 0.294 e. The Hall–Kier alpha value is -2.13. The number of nitrogens with zero attached hydrogens (tertiary/aromatic N) is 2. The van der Waals surface area contributed by atoms with Crippen LogP contribution in [0.2, 0.25) is 0 Å². The molecule has 0 unspecified atom stereocenters. The number of fused-ring (bicyclic) bond motifs is 3. The molecule has 2 aromatic carbocycles. The van der Waals surface area contributed by atoms with E-state index in [0.29, 0.717) is 0 Å². The fourth-order valence-corrected chi connectivity index (χ4v) is 3.03. The predicted molar refractivity (Wildman–Crippen MR) is 86.3 cm³/mol. The van der Waals surface area contributed by atoms with Crippen molar-refractivity contribution in [2.45, 2.75) is 0 Å². The van der Waals surface area contributed by atoms with Gasteiger partial charge in [-0.3, -0.25) is 4.57 Å². The summed E-state index contributed by atoms with van der Waals surface area (Å²) in [4.78, 5) is 4.60. The van der Waals surface area contributed by atoms with Gasteiger partial charge in [-0.1, -0.05) is 42.5 Å². The van der Waals surface area contributed by atoms with Crippen LogP contribution >= 0.6 is 15.9 Å². The summed E-state index contributed by atoms with van der Waals surface area (Å²) in [5, 5.41) is 2.51. The molecule has 0 N–H and O–H groups in total. The van der Waals surface area contributed by atoms with Crippen LogP contribution in [0.25, 0.3) is 27.6 Å². The van der Waals surface area contributed by atoms with Crippen molar-refractivity contribution in [2.24, 2.45) is 0 Å². The number of aromatic nitrogens is 2. The summed E-state index contributed by atoms with van der Waals surface area (Å²) in [6.07, 6.45) is 0. The van der Waals surface area contributed by atoms with Crippen molar-refractivity contribution in [2.75, 3.05) is 0 Å². The monoisotopic (exact) mass is 322 g/mol. The molecular formula is C17H11BrN2. The van der Waals surface area contributed by atoms with E-state index in [1.54, 1.807) is 0 Å². The summed E-state index contributed by atoms with van der Waals surface area (Å²) in [6, 6.07) is 22.9. The molecule has 0 aliphatic carbocycles. The average Bonchev–Trinajstić information content (AvgIpc) is 2.82. The molecule has 2 nitrogen and oxygen atoms in total. The molecule has 0 amide bonds. The van der Waals surface area contributed by atoms with Gasteiger partial charge in [0.1, 0.15) is 10.4 Å². The first kappa shape index (κ1) is 11.7. The SMILES string of the molecule is Brc1cccc(-n2c3ccccc3c3ccccc32)n1. The van der Waals surface area contributed by atoms with Crippen molar-refractivity contribution >= 4 is 37.7 Å². The van der Waals surface area contributed by atoms with Crippen LogP contribution in [0, 0.1) is 0 Å². The Morgan fingerprint density at radius 3 is 1.90 bits per heavy atom. The van der Waals surface area contributed by atoms with Crippen LogP contribution in [0.15, 0.2) is 71.3 Å². The average molecular weight is 323 g/mol. The third-order valence-corrected chi connectivity index (χ3v) is 3.95. The predicted octanol–water partition coefficient (Wildman–Crippen LogP) is 4.94. The lowest BCUT2D eigenvalue weighted by Gasteiger charge is -2.06. The van der Waals surface area contributed by atoms with Gasteiger partial charge >= 0.3 is 0 Å². The summed E-state index contributed by atoms with van der Waals surface area (Å²) in [6.45, 7) is 0. The van der Waals surface area contributed by atoms with Crippen LogP contribution < -0.4 is 0 Å². The number of halogens is 1. The topological polar surface area (TPSA) is 17.8 Å². The molecule has 2 aromatic heterocycles. The van der Waals surface area contributed by atoms with E-state index in [4.69, 9.17) is 0 Å². The molecule has 0 aliphatic rings. The minimum atomic E-state index is 0.844. The lowest BCUT2D eigenvalue weighted by atomic mass is 10.2. The maximum Gasteiger partial charge on any atom is 0.138 e. The number of benzene rings is 2. The second-order valence-corrected chi connectivity index (χ2v) is 5.50. The van der Waals surface area contributed by atoms with Crippen molar-refractivity contribution in [3.05, 3.63) is 71.3 Å². The van der Waals surface area contributed by atoms with E-state index in [2.05, 4.69) is 74.0 Å². The maximum atomic E-state index is 4.60.